The highest BCUT2D eigenvalue weighted by atomic mass is 32.2. The molecular formula is C16H17NO4S. The van der Waals surface area contributed by atoms with E-state index in [2.05, 4.69) is 0 Å². The molecule has 3 rings (SSSR count). The number of benzene rings is 1. The molecule has 1 aliphatic heterocycles. The Labute approximate surface area is 133 Å². The molecule has 0 saturated carbocycles. The summed E-state index contributed by atoms with van der Waals surface area (Å²) in [7, 11) is 3.14. The minimum atomic E-state index is -0.0836. The molecule has 1 atom stereocenters. The van der Waals surface area contributed by atoms with E-state index in [-0.39, 0.29) is 11.3 Å². The molecule has 0 aliphatic carbocycles. The van der Waals surface area contributed by atoms with Crippen molar-refractivity contribution in [3.63, 3.8) is 0 Å². The van der Waals surface area contributed by atoms with Gasteiger partial charge in [-0.2, -0.15) is 0 Å². The van der Waals surface area contributed by atoms with Crippen LogP contribution in [-0.2, 0) is 0 Å². The Morgan fingerprint density at radius 1 is 1.27 bits per heavy atom. The van der Waals surface area contributed by atoms with E-state index in [0.29, 0.717) is 23.6 Å². The fourth-order valence-corrected chi connectivity index (χ4v) is 3.65. The van der Waals surface area contributed by atoms with Gasteiger partial charge in [-0.1, -0.05) is 0 Å². The van der Waals surface area contributed by atoms with Crippen LogP contribution in [0.25, 0.3) is 0 Å². The van der Waals surface area contributed by atoms with Crippen LogP contribution < -0.4 is 9.47 Å². The average Bonchev–Trinajstić information content (AvgIpc) is 3.23. The first-order valence-electron chi connectivity index (χ1n) is 6.92. The molecule has 0 N–H and O–H groups in total. The Balaban J connectivity index is 1.90. The van der Waals surface area contributed by atoms with Gasteiger partial charge in [0.2, 0.25) is 0 Å². The molecule has 2 aromatic rings. The molecule has 116 valence electrons. The maximum Gasteiger partial charge on any atom is 0.255 e. The van der Waals surface area contributed by atoms with E-state index in [9.17, 15) is 4.79 Å². The topological polar surface area (TPSA) is 51.9 Å². The fourth-order valence-electron chi connectivity index (χ4n) is 2.44. The highest BCUT2D eigenvalue weighted by Gasteiger charge is 2.33. The molecule has 1 saturated heterocycles. The summed E-state index contributed by atoms with van der Waals surface area (Å²) < 4.78 is 15.9. The number of rotatable bonds is 4. The summed E-state index contributed by atoms with van der Waals surface area (Å²) in [4.78, 5) is 14.7. The maximum absolute atomic E-state index is 12.8. The van der Waals surface area contributed by atoms with Crippen molar-refractivity contribution >= 4 is 17.7 Å². The number of carbonyl (C=O) groups excluding carboxylic acids is 1. The van der Waals surface area contributed by atoms with Crippen LogP contribution >= 0.6 is 11.8 Å². The maximum atomic E-state index is 12.8. The number of carbonyl (C=O) groups is 1. The number of furan rings is 1. The van der Waals surface area contributed by atoms with Crippen LogP contribution in [0.2, 0.25) is 0 Å². The van der Waals surface area contributed by atoms with Crippen molar-refractivity contribution in [2.45, 2.75) is 5.37 Å². The lowest BCUT2D eigenvalue weighted by molar-refractivity contribution is 0.0748. The Morgan fingerprint density at radius 2 is 2.00 bits per heavy atom. The lowest BCUT2D eigenvalue weighted by Gasteiger charge is -2.22. The predicted molar refractivity (Wildman–Crippen MR) is 84.5 cm³/mol. The SMILES string of the molecule is COc1cc(OC)cc(C(=O)N2CCS[C@H]2c2ccco2)c1. The van der Waals surface area contributed by atoms with Crippen LogP contribution in [0.5, 0.6) is 11.5 Å². The van der Waals surface area contributed by atoms with Crippen LogP contribution in [-0.4, -0.2) is 37.3 Å². The first kappa shape index (κ1) is 14.8. The van der Waals surface area contributed by atoms with Crippen LogP contribution in [0.1, 0.15) is 21.5 Å². The number of amides is 1. The molecular weight excluding hydrogens is 302 g/mol. The molecule has 6 heteroatoms. The fraction of sp³-hybridized carbons (Fsp3) is 0.312. The molecule has 22 heavy (non-hydrogen) atoms. The molecule has 1 fully saturated rings. The van der Waals surface area contributed by atoms with Crippen molar-refractivity contribution in [2.24, 2.45) is 0 Å². The smallest absolute Gasteiger partial charge is 0.255 e. The minimum absolute atomic E-state index is 0.0522. The van der Waals surface area contributed by atoms with Gasteiger partial charge in [0.05, 0.1) is 20.5 Å². The monoisotopic (exact) mass is 319 g/mol. The molecule has 1 aliphatic rings. The van der Waals surface area contributed by atoms with E-state index >= 15 is 0 Å². The Kier molecular flexibility index (Phi) is 4.29. The summed E-state index contributed by atoms with van der Waals surface area (Å²) in [6.07, 6.45) is 1.63. The van der Waals surface area contributed by atoms with Crippen molar-refractivity contribution in [3.05, 3.63) is 47.9 Å². The van der Waals surface area contributed by atoms with Crippen molar-refractivity contribution < 1.29 is 18.7 Å². The summed E-state index contributed by atoms with van der Waals surface area (Å²) >= 11 is 1.70. The summed E-state index contributed by atoms with van der Waals surface area (Å²) in [5.41, 5.74) is 0.551. The summed E-state index contributed by atoms with van der Waals surface area (Å²) in [5, 5.41) is -0.0836. The number of hydrogen-bond donors (Lipinski definition) is 0. The molecule has 0 bridgehead atoms. The molecule has 1 aromatic carbocycles. The van der Waals surface area contributed by atoms with Gasteiger partial charge in [-0.25, -0.2) is 0 Å². The minimum Gasteiger partial charge on any atom is -0.497 e. The van der Waals surface area contributed by atoms with E-state index in [1.807, 2.05) is 17.0 Å². The van der Waals surface area contributed by atoms with Gasteiger partial charge < -0.3 is 18.8 Å². The first-order chi connectivity index (χ1) is 10.7. The van der Waals surface area contributed by atoms with Crippen LogP contribution in [0, 0.1) is 0 Å². The number of thioether (sulfide) groups is 1. The number of nitrogens with zero attached hydrogens (tertiary/aromatic N) is 1. The second-order valence-corrected chi connectivity index (χ2v) is 6.03. The van der Waals surface area contributed by atoms with E-state index in [4.69, 9.17) is 13.9 Å². The predicted octanol–water partition coefficient (Wildman–Crippen LogP) is 3.18. The van der Waals surface area contributed by atoms with Crippen molar-refractivity contribution in [2.75, 3.05) is 26.5 Å². The Morgan fingerprint density at radius 3 is 2.59 bits per heavy atom. The summed E-state index contributed by atoms with van der Waals surface area (Å²) in [6, 6.07) is 8.94. The van der Waals surface area contributed by atoms with E-state index in [1.54, 1.807) is 50.4 Å². The van der Waals surface area contributed by atoms with Gasteiger partial charge >= 0.3 is 0 Å². The second kappa shape index (κ2) is 6.36. The highest BCUT2D eigenvalue weighted by Crippen LogP contribution is 2.39. The lowest BCUT2D eigenvalue weighted by atomic mass is 10.1. The first-order valence-corrected chi connectivity index (χ1v) is 7.97. The quantitative estimate of drug-likeness (QED) is 0.866. The number of hydrogen-bond acceptors (Lipinski definition) is 5. The molecule has 0 radical (unpaired) electrons. The van der Waals surface area contributed by atoms with Crippen LogP contribution in [0.15, 0.2) is 41.0 Å². The molecule has 1 amide bonds. The highest BCUT2D eigenvalue weighted by molar-refractivity contribution is 7.99. The van der Waals surface area contributed by atoms with Crippen molar-refractivity contribution in [1.82, 2.24) is 4.90 Å². The third-order valence-corrected chi connectivity index (χ3v) is 4.76. The Hall–Kier alpha value is -2.08. The van der Waals surface area contributed by atoms with Gasteiger partial charge in [-0.3, -0.25) is 4.79 Å². The molecule has 5 nitrogen and oxygen atoms in total. The van der Waals surface area contributed by atoms with Crippen LogP contribution in [0.4, 0.5) is 0 Å². The van der Waals surface area contributed by atoms with E-state index < -0.39 is 0 Å². The Bertz CT molecular complexity index is 634. The zero-order valence-electron chi connectivity index (χ0n) is 12.4. The zero-order chi connectivity index (χ0) is 15.5. The van der Waals surface area contributed by atoms with Gasteiger partial charge in [-0.05, 0) is 24.3 Å². The molecule has 0 unspecified atom stereocenters. The van der Waals surface area contributed by atoms with Crippen molar-refractivity contribution in [1.29, 1.82) is 0 Å². The molecule has 1 aromatic heterocycles. The summed E-state index contributed by atoms with van der Waals surface area (Å²) in [6.45, 7) is 0.689. The average molecular weight is 319 g/mol. The van der Waals surface area contributed by atoms with Gasteiger partial charge in [-0.15, -0.1) is 11.8 Å². The number of ether oxygens (including phenoxy) is 2. The molecule has 0 spiro atoms. The van der Waals surface area contributed by atoms with Gasteiger partial charge in [0.1, 0.15) is 22.6 Å². The normalized spacial score (nSPS) is 17.5. The van der Waals surface area contributed by atoms with Gasteiger partial charge in [0.25, 0.3) is 5.91 Å². The van der Waals surface area contributed by atoms with Crippen molar-refractivity contribution in [3.8, 4) is 11.5 Å². The molecule has 2 heterocycles. The van der Waals surface area contributed by atoms with E-state index in [1.165, 1.54) is 0 Å². The van der Waals surface area contributed by atoms with Crippen LogP contribution in [0.3, 0.4) is 0 Å². The third-order valence-electron chi connectivity index (χ3n) is 3.54. The number of methoxy groups -OCH3 is 2. The zero-order valence-corrected chi connectivity index (χ0v) is 13.3. The van der Waals surface area contributed by atoms with E-state index in [0.717, 1.165) is 11.5 Å². The standard InChI is InChI=1S/C16H17NO4S/c1-19-12-8-11(9-13(10-12)20-2)15(18)17-5-7-22-16(17)14-4-3-6-21-14/h3-4,6,8-10,16H,5,7H2,1-2H3/t16-/m0/s1. The van der Waals surface area contributed by atoms with Gasteiger partial charge in [0, 0.05) is 23.9 Å². The largest absolute Gasteiger partial charge is 0.497 e. The van der Waals surface area contributed by atoms with Gasteiger partial charge in [0.15, 0.2) is 0 Å². The summed E-state index contributed by atoms with van der Waals surface area (Å²) in [5.74, 6) is 2.83. The second-order valence-electron chi connectivity index (χ2n) is 4.84. The third kappa shape index (κ3) is 2.78. The lowest BCUT2D eigenvalue weighted by Crippen LogP contribution is -2.30.